The van der Waals surface area contributed by atoms with E-state index in [-0.39, 0.29) is 0 Å². The Morgan fingerprint density at radius 2 is 0.645 bits per heavy atom. The first-order valence-electron chi connectivity index (χ1n) is 21.8. The first-order chi connectivity index (χ1) is 30.3. The summed E-state index contributed by atoms with van der Waals surface area (Å²) in [6.45, 7) is 10.2. The molecule has 0 bridgehead atoms. The van der Waals surface area contributed by atoms with E-state index in [1.807, 2.05) is 0 Å². The molecule has 4 heterocycles. The largest absolute Gasteiger partial charge is 0.455 e. The second-order valence-electron chi connectivity index (χ2n) is 18.3. The lowest BCUT2D eigenvalue weighted by atomic mass is 9.89. The second-order valence-corrected chi connectivity index (χ2v) is 27.0. The van der Waals surface area contributed by atoms with Gasteiger partial charge in [0, 0.05) is 32.7 Å². The quantitative estimate of drug-likeness (QED) is 0.165. The lowest BCUT2D eigenvalue weighted by Gasteiger charge is -2.22. The summed E-state index contributed by atoms with van der Waals surface area (Å²) in [7, 11) is -4.60. The van der Waals surface area contributed by atoms with Crippen LogP contribution in [0, 0.1) is 0 Å². The van der Waals surface area contributed by atoms with Crippen molar-refractivity contribution < 1.29 is 8.83 Å². The van der Waals surface area contributed by atoms with Crippen LogP contribution in [0.5, 0.6) is 0 Å². The Hall–Kier alpha value is -6.99. The Kier molecular flexibility index (Phi) is 7.36. The van der Waals surface area contributed by atoms with Crippen LogP contribution in [0.3, 0.4) is 0 Å². The van der Waals surface area contributed by atoms with Gasteiger partial charge in [0.2, 0.25) is 0 Å². The molecule has 9 aromatic carbocycles. The van der Waals surface area contributed by atoms with Crippen molar-refractivity contribution in [3.8, 4) is 66.8 Å². The van der Waals surface area contributed by atoms with Gasteiger partial charge in [-0.2, -0.15) is 0 Å². The molecule has 0 spiro atoms. The first kappa shape index (κ1) is 35.7. The molecule has 62 heavy (non-hydrogen) atoms. The fraction of sp³-hybridized carbons (Fsp3) is 0.0690. The summed E-state index contributed by atoms with van der Waals surface area (Å²) in [4.78, 5) is 0. The molecule has 2 aromatic heterocycles. The van der Waals surface area contributed by atoms with Gasteiger partial charge < -0.3 is 8.83 Å². The molecule has 0 N–H and O–H groups in total. The molecule has 0 saturated carbocycles. The molecular weight excluding hydrogens is 785 g/mol. The van der Waals surface area contributed by atoms with E-state index >= 15 is 0 Å². The number of furan rings is 2. The van der Waals surface area contributed by atoms with Crippen molar-refractivity contribution in [2.75, 3.05) is 0 Å². The zero-order valence-corrected chi connectivity index (χ0v) is 37.1. The highest BCUT2D eigenvalue weighted by Gasteiger charge is 2.46. The van der Waals surface area contributed by atoms with E-state index in [9.17, 15) is 0 Å². The Bertz CT molecular complexity index is 3440. The van der Waals surface area contributed by atoms with Gasteiger partial charge in [-0.25, -0.2) is 0 Å². The van der Waals surface area contributed by atoms with E-state index in [0.29, 0.717) is 0 Å². The van der Waals surface area contributed by atoms with Gasteiger partial charge in [-0.05, 0) is 88.5 Å². The predicted molar refractivity (Wildman–Crippen MR) is 267 cm³/mol. The van der Waals surface area contributed by atoms with Gasteiger partial charge in [0.05, 0.1) is 0 Å². The van der Waals surface area contributed by atoms with Gasteiger partial charge in [-0.3, -0.25) is 0 Å². The summed E-state index contributed by atoms with van der Waals surface area (Å²) >= 11 is 0. The third-order valence-corrected chi connectivity index (χ3v) is 21.3. The van der Waals surface area contributed by atoms with Crippen molar-refractivity contribution in [3.63, 3.8) is 0 Å². The van der Waals surface area contributed by atoms with Gasteiger partial charge in [-0.15, -0.1) is 0 Å². The normalized spacial score (nSPS) is 14.4. The van der Waals surface area contributed by atoms with E-state index < -0.39 is 16.1 Å². The molecule has 0 atom stereocenters. The third kappa shape index (κ3) is 4.79. The maximum Gasteiger partial charge on any atom is 0.143 e. The fourth-order valence-corrected chi connectivity index (χ4v) is 17.3. The maximum atomic E-state index is 7.11. The van der Waals surface area contributed by atoms with E-state index in [2.05, 4.69) is 208 Å². The molecule has 4 heteroatoms. The van der Waals surface area contributed by atoms with Gasteiger partial charge in [0.15, 0.2) is 0 Å². The molecule has 2 aliphatic heterocycles. The molecule has 0 amide bonds. The number of fused-ring (bicyclic) bond motifs is 14. The molecule has 2 aliphatic rings. The molecule has 2 nitrogen and oxygen atoms in total. The van der Waals surface area contributed by atoms with Gasteiger partial charge in [0.1, 0.15) is 38.5 Å². The SMILES string of the molecule is C[Si]1(C)c2cc3c(cc2-c2c1cc(-c1ccccc1-c1ccccc1)c1c2oc2ccccc21)[Si](C)(C)c1cc(-c2ccccc2-c2ccccc2)c2c(oc4ccccc42)c1-3. The van der Waals surface area contributed by atoms with Crippen LogP contribution >= 0.6 is 0 Å². The van der Waals surface area contributed by atoms with Gasteiger partial charge in [-0.1, -0.05) is 196 Å². The number of para-hydroxylation sites is 2. The van der Waals surface area contributed by atoms with Crippen molar-refractivity contribution in [3.05, 3.63) is 182 Å². The monoisotopic (exact) mass is 826 g/mol. The van der Waals surface area contributed by atoms with Crippen LogP contribution in [0.15, 0.2) is 191 Å². The molecule has 0 unspecified atom stereocenters. The predicted octanol–water partition coefficient (Wildman–Crippen LogP) is 13.8. The molecular formula is C58H42O2Si2. The average molecular weight is 827 g/mol. The molecule has 294 valence electrons. The van der Waals surface area contributed by atoms with E-state index in [1.165, 1.54) is 98.3 Å². The lowest BCUT2D eigenvalue weighted by Crippen LogP contribution is -2.51. The summed E-state index contributed by atoms with van der Waals surface area (Å²) in [6, 6.07) is 67.0. The van der Waals surface area contributed by atoms with E-state index in [4.69, 9.17) is 8.83 Å². The summed E-state index contributed by atoms with van der Waals surface area (Å²) in [5.74, 6) is 0. The van der Waals surface area contributed by atoms with Crippen molar-refractivity contribution in [2.24, 2.45) is 0 Å². The van der Waals surface area contributed by atoms with Crippen LogP contribution in [0.2, 0.25) is 26.2 Å². The number of benzene rings is 9. The standard InChI is InChI=1S/C58H42O2Si2/c1-61(2)49-33-46-50(34-45(49)55-51(61)31-43(53-41-27-15-17-29-47(41)59-57(53)55)39-25-13-11-23-37(39)35-19-7-5-8-20-35)62(3,4)52-32-44(40-26-14-12-24-38(40)36-21-9-6-10-22-36)54-42-28-16-18-30-48(42)60-58(54)56(46)52/h5-34H,1-4H3. The van der Waals surface area contributed by atoms with Crippen LogP contribution in [0.1, 0.15) is 0 Å². The van der Waals surface area contributed by atoms with Gasteiger partial charge in [0.25, 0.3) is 0 Å². The molecule has 0 radical (unpaired) electrons. The van der Waals surface area contributed by atoms with Crippen LogP contribution in [-0.4, -0.2) is 16.1 Å². The van der Waals surface area contributed by atoms with E-state index in [0.717, 1.165) is 33.1 Å². The smallest absolute Gasteiger partial charge is 0.143 e. The highest BCUT2D eigenvalue weighted by molar-refractivity contribution is 7.06. The highest BCUT2D eigenvalue weighted by Crippen LogP contribution is 2.49. The van der Waals surface area contributed by atoms with Crippen molar-refractivity contribution in [1.29, 1.82) is 0 Å². The maximum absolute atomic E-state index is 7.11. The van der Waals surface area contributed by atoms with Crippen LogP contribution in [0.25, 0.3) is 111 Å². The Balaban J connectivity index is 1.09. The van der Waals surface area contributed by atoms with Crippen molar-refractivity contribution in [1.82, 2.24) is 0 Å². The highest BCUT2D eigenvalue weighted by atomic mass is 28.3. The fourth-order valence-electron chi connectivity index (χ4n) is 11.3. The number of rotatable bonds is 4. The Labute approximate surface area is 362 Å². The van der Waals surface area contributed by atoms with Crippen molar-refractivity contribution >= 4 is 80.8 Å². The zero-order valence-electron chi connectivity index (χ0n) is 35.1. The second kappa shape index (κ2) is 12.8. The molecule has 0 fully saturated rings. The topological polar surface area (TPSA) is 26.3 Å². The average Bonchev–Trinajstić information content (AvgIpc) is 4.01. The van der Waals surface area contributed by atoms with Crippen LogP contribution in [-0.2, 0) is 0 Å². The number of hydrogen-bond donors (Lipinski definition) is 0. The minimum Gasteiger partial charge on any atom is -0.455 e. The summed E-state index contributed by atoms with van der Waals surface area (Å²) in [6.07, 6.45) is 0. The molecule has 0 saturated heterocycles. The molecule has 13 rings (SSSR count). The zero-order chi connectivity index (χ0) is 41.5. The summed E-state index contributed by atoms with van der Waals surface area (Å²) in [5.41, 5.74) is 19.0. The molecule has 0 aliphatic carbocycles. The first-order valence-corrected chi connectivity index (χ1v) is 27.8. The van der Waals surface area contributed by atoms with Crippen molar-refractivity contribution in [2.45, 2.75) is 26.2 Å². The Morgan fingerprint density at radius 3 is 1.06 bits per heavy atom. The minimum atomic E-state index is -2.30. The van der Waals surface area contributed by atoms with Crippen LogP contribution < -0.4 is 20.7 Å². The Morgan fingerprint density at radius 1 is 0.306 bits per heavy atom. The van der Waals surface area contributed by atoms with E-state index in [1.54, 1.807) is 0 Å². The summed E-state index contributed by atoms with van der Waals surface area (Å²) < 4.78 is 14.2. The summed E-state index contributed by atoms with van der Waals surface area (Å²) in [5, 5.41) is 10.6. The third-order valence-electron chi connectivity index (χ3n) is 14.3. The minimum absolute atomic E-state index is 0.932. The molecule has 11 aromatic rings. The van der Waals surface area contributed by atoms with Gasteiger partial charge >= 0.3 is 0 Å². The lowest BCUT2D eigenvalue weighted by molar-refractivity contribution is 0.670. The van der Waals surface area contributed by atoms with Crippen LogP contribution in [0.4, 0.5) is 0 Å². The number of hydrogen-bond acceptors (Lipinski definition) is 2.